The lowest BCUT2D eigenvalue weighted by Crippen LogP contribution is -2.39. The molecule has 0 unspecified atom stereocenters. The molecular formula is C19H20N4O2. The summed E-state index contributed by atoms with van der Waals surface area (Å²) in [6.45, 7) is 4.58. The lowest BCUT2D eigenvalue weighted by atomic mass is 9.84. The standard InChI is InChI=1S/C19H20N4O2/c1-19(2,14-6-4-3-5-7-14)13-22-16(24)12-23-11-8-15-17(18(23)25)21-10-9-20-15/h3-11H,12-13H2,1-2H3,(H,22,24). The van der Waals surface area contributed by atoms with Gasteiger partial charge in [0.05, 0.1) is 5.52 Å². The lowest BCUT2D eigenvalue weighted by molar-refractivity contribution is -0.121. The van der Waals surface area contributed by atoms with E-state index in [4.69, 9.17) is 0 Å². The van der Waals surface area contributed by atoms with Crippen LogP contribution in [0.4, 0.5) is 0 Å². The van der Waals surface area contributed by atoms with E-state index in [2.05, 4.69) is 29.1 Å². The highest BCUT2D eigenvalue weighted by Gasteiger charge is 2.21. The molecule has 0 aliphatic rings. The van der Waals surface area contributed by atoms with Gasteiger partial charge in [0.15, 0.2) is 5.52 Å². The van der Waals surface area contributed by atoms with Crippen molar-refractivity contribution in [1.29, 1.82) is 0 Å². The summed E-state index contributed by atoms with van der Waals surface area (Å²) in [4.78, 5) is 32.8. The molecule has 1 N–H and O–H groups in total. The first-order valence-electron chi connectivity index (χ1n) is 8.10. The molecule has 2 aromatic heterocycles. The zero-order chi connectivity index (χ0) is 17.9. The van der Waals surface area contributed by atoms with E-state index in [1.54, 1.807) is 12.3 Å². The van der Waals surface area contributed by atoms with E-state index in [0.717, 1.165) is 5.56 Å². The van der Waals surface area contributed by atoms with Crippen molar-refractivity contribution in [3.63, 3.8) is 0 Å². The van der Waals surface area contributed by atoms with Crippen LogP contribution in [0.15, 0.2) is 59.8 Å². The van der Waals surface area contributed by atoms with E-state index in [1.165, 1.54) is 17.0 Å². The van der Waals surface area contributed by atoms with Gasteiger partial charge in [-0.05, 0) is 11.6 Å². The number of aromatic nitrogens is 3. The van der Waals surface area contributed by atoms with Crippen LogP contribution in [0.2, 0.25) is 0 Å². The number of amides is 1. The maximum absolute atomic E-state index is 12.4. The zero-order valence-corrected chi connectivity index (χ0v) is 14.3. The van der Waals surface area contributed by atoms with Crippen LogP contribution >= 0.6 is 0 Å². The molecule has 1 amide bonds. The van der Waals surface area contributed by atoms with Crippen molar-refractivity contribution < 1.29 is 4.79 Å². The molecular weight excluding hydrogens is 316 g/mol. The highest BCUT2D eigenvalue weighted by Crippen LogP contribution is 2.21. The summed E-state index contributed by atoms with van der Waals surface area (Å²) in [5.41, 5.74) is 1.42. The molecule has 128 valence electrons. The number of fused-ring (bicyclic) bond motifs is 1. The Kier molecular flexibility index (Phi) is 4.61. The summed E-state index contributed by atoms with van der Waals surface area (Å²) in [5, 5.41) is 2.91. The van der Waals surface area contributed by atoms with E-state index in [1.807, 2.05) is 30.3 Å². The third kappa shape index (κ3) is 3.74. The van der Waals surface area contributed by atoms with E-state index in [0.29, 0.717) is 12.1 Å². The Morgan fingerprint density at radius 3 is 2.60 bits per heavy atom. The van der Waals surface area contributed by atoms with Gasteiger partial charge in [-0.1, -0.05) is 44.2 Å². The predicted octanol–water partition coefficient (Wildman–Crippen LogP) is 1.89. The van der Waals surface area contributed by atoms with Crippen LogP contribution < -0.4 is 10.9 Å². The van der Waals surface area contributed by atoms with Gasteiger partial charge in [-0.2, -0.15) is 0 Å². The molecule has 3 rings (SSSR count). The minimum atomic E-state index is -0.317. The minimum Gasteiger partial charge on any atom is -0.354 e. The second-order valence-corrected chi connectivity index (χ2v) is 6.57. The van der Waals surface area contributed by atoms with Crippen molar-refractivity contribution in [1.82, 2.24) is 19.9 Å². The number of carbonyl (C=O) groups is 1. The number of pyridine rings is 1. The number of carbonyl (C=O) groups excluding carboxylic acids is 1. The van der Waals surface area contributed by atoms with Crippen LogP contribution in [0.5, 0.6) is 0 Å². The van der Waals surface area contributed by atoms with Crippen molar-refractivity contribution in [2.75, 3.05) is 6.54 Å². The van der Waals surface area contributed by atoms with Gasteiger partial charge >= 0.3 is 0 Å². The molecule has 0 spiro atoms. The smallest absolute Gasteiger partial charge is 0.279 e. The van der Waals surface area contributed by atoms with Crippen LogP contribution in [0.25, 0.3) is 11.0 Å². The largest absolute Gasteiger partial charge is 0.354 e. The summed E-state index contributed by atoms with van der Waals surface area (Å²) in [6.07, 6.45) is 4.57. The Morgan fingerprint density at radius 2 is 1.84 bits per heavy atom. The first-order chi connectivity index (χ1) is 12.0. The third-order valence-electron chi connectivity index (χ3n) is 4.20. The van der Waals surface area contributed by atoms with Crippen LogP contribution in [0, 0.1) is 0 Å². The van der Waals surface area contributed by atoms with E-state index < -0.39 is 0 Å². The van der Waals surface area contributed by atoms with Gasteiger partial charge in [-0.15, -0.1) is 0 Å². The second-order valence-electron chi connectivity index (χ2n) is 6.57. The molecule has 0 aliphatic heterocycles. The van der Waals surface area contributed by atoms with Gasteiger partial charge in [0.25, 0.3) is 5.56 Å². The first kappa shape index (κ1) is 16.8. The topological polar surface area (TPSA) is 76.9 Å². The summed E-state index contributed by atoms with van der Waals surface area (Å²) in [7, 11) is 0. The molecule has 0 fully saturated rings. The van der Waals surface area contributed by atoms with E-state index in [9.17, 15) is 9.59 Å². The maximum atomic E-state index is 12.4. The number of nitrogens with zero attached hydrogens (tertiary/aromatic N) is 3. The molecule has 25 heavy (non-hydrogen) atoms. The third-order valence-corrected chi connectivity index (χ3v) is 4.20. The van der Waals surface area contributed by atoms with Gasteiger partial charge in [0, 0.05) is 30.6 Å². The average Bonchev–Trinajstić information content (AvgIpc) is 2.63. The normalized spacial score (nSPS) is 11.4. The molecule has 0 radical (unpaired) electrons. The highest BCUT2D eigenvalue weighted by atomic mass is 16.2. The summed E-state index contributed by atoms with van der Waals surface area (Å²) in [5.74, 6) is -0.214. The van der Waals surface area contributed by atoms with Gasteiger partial charge in [-0.25, -0.2) is 4.98 Å². The summed E-state index contributed by atoms with van der Waals surface area (Å²) in [6, 6.07) is 11.7. The number of hydrogen-bond acceptors (Lipinski definition) is 4. The first-order valence-corrected chi connectivity index (χ1v) is 8.10. The van der Waals surface area contributed by atoms with Crippen molar-refractivity contribution in [3.8, 4) is 0 Å². The summed E-state index contributed by atoms with van der Waals surface area (Å²) < 4.78 is 1.35. The van der Waals surface area contributed by atoms with Gasteiger partial charge < -0.3 is 9.88 Å². The number of benzene rings is 1. The Morgan fingerprint density at radius 1 is 1.12 bits per heavy atom. The van der Waals surface area contributed by atoms with Crippen molar-refractivity contribution in [2.24, 2.45) is 0 Å². The Hall–Kier alpha value is -3.02. The van der Waals surface area contributed by atoms with E-state index in [-0.39, 0.29) is 28.9 Å². The molecule has 3 aromatic rings. The molecule has 0 bridgehead atoms. The van der Waals surface area contributed by atoms with Crippen LogP contribution in [0.1, 0.15) is 19.4 Å². The van der Waals surface area contributed by atoms with Crippen LogP contribution in [-0.4, -0.2) is 27.0 Å². The fraction of sp³-hybridized carbons (Fsp3) is 0.263. The average molecular weight is 336 g/mol. The van der Waals surface area contributed by atoms with Crippen LogP contribution in [0.3, 0.4) is 0 Å². The molecule has 6 nitrogen and oxygen atoms in total. The number of nitrogens with one attached hydrogen (secondary N) is 1. The zero-order valence-electron chi connectivity index (χ0n) is 14.3. The Balaban J connectivity index is 1.69. The molecule has 0 saturated heterocycles. The van der Waals surface area contributed by atoms with Crippen molar-refractivity contribution in [3.05, 3.63) is 70.9 Å². The predicted molar refractivity (Wildman–Crippen MR) is 96.3 cm³/mol. The molecule has 0 saturated carbocycles. The summed E-state index contributed by atoms with van der Waals surface area (Å²) >= 11 is 0. The highest BCUT2D eigenvalue weighted by molar-refractivity contribution is 5.77. The number of rotatable bonds is 5. The SMILES string of the molecule is CC(C)(CNC(=O)Cn1ccc2nccnc2c1=O)c1ccccc1. The molecule has 0 atom stereocenters. The fourth-order valence-corrected chi connectivity index (χ4v) is 2.65. The molecule has 2 heterocycles. The molecule has 6 heteroatoms. The minimum absolute atomic E-state index is 0.0454. The van der Waals surface area contributed by atoms with Crippen molar-refractivity contribution in [2.45, 2.75) is 25.8 Å². The second kappa shape index (κ2) is 6.84. The Bertz CT molecular complexity index is 948. The lowest BCUT2D eigenvalue weighted by Gasteiger charge is -2.25. The molecule has 1 aromatic carbocycles. The quantitative estimate of drug-likeness (QED) is 0.772. The van der Waals surface area contributed by atoms with Gasteiger partial charge in [0.2, 0.25) is 5.91 Å². The molecule has 0 aliphatic carbocycles. The van der Waals surface area contributed by atoms with Crippen LogP contribution in [-0.2, 0) is 16.8 Å². The Labute approximate surface area is 145 Å². The maximum Gasteiger partial charge on any atom is 0.279 e. The number of hydrogen-bond donors (Lipinski definition) is 1. The van der Waals surface area contributed by atoms with Crippen molar-refractivity contribution >= 4 is 16.9 Å². The van der Waals surface area contributed by atoms with Gasteiger partial charge in [-0.3, -0.25) is 14.6 Å². The fourth-order valence-electron chi connectivity index (χ4n) is 2.65. The van der Waals surface area contributed by atoms with Gasteiger partial charge in [0.1, 0.15) is 6.54 Å². The monoisotopic (exact) mass is 336 g/mol. The van der Waals surface area contributed by atoms with E-state index >= 15 is 0 Å².